The van der Waals surface area contributed by atoms with Gasteiger partial charge < -0.3 is 15.0 Å². The summed E-state index contributed by atoms with van der Waals surface area (Å²) in [6, 6.07) is 14.1. The molecule has 2 aliphatic rings. The van der Waals surface area contributed by atoms with Crippen LogP contribution in [0.25, 0.3) is 0 Å². The molecule has 4 rings (SSSR count). The Morgan fingerprint density at radius 2 is 1.61 bits per heavy atom. The van der Waals surface area contributed by atoms with Crippen LogP contribution < -0.4 is 10.2 Å². The highest BCUT2D eigenvalue weighted by molar-refractivity contribution is 6.35. The van der Waals surface area contributed by atoms with Crippen molar-refractivity contribution in [3.63, 3.8) is 0 Å². The number of nitrogens with zero attached hydrogens (tertiary/aromatic N) is 2. The molecule has 0 bridgehead atoms. The van der Waals surface area contributed by atoms with E-state index in [1.165, 1.54) is 5.69 Å². The van der Waals surface area contributed by atoms with Crippen molar-refractivity contribution in [3.8, 4) is 0 Å². The van der Waals surface area contributed by atoms with Crippen LogP contribution >= 0.6 is 23.2 Å². The van der Waals surface area contributed by atoms with Crippen LogP contribution in [-0.2, 0) is 22.6 Å². The zero-order chi connectivity index (χ0) is 21.6. The second-order valence-electron chi connectivity index (χ2n) is 8.23. The molecular formula is C24H29Cl2N3O2. The summed E-state index contributed by atoms with van der Waals surface area (Å²) in [4.78, 5) is 17.3. The zero-order valence-corrected chi connectivity index (χ0v) is 19.2. The van der Waals surface area contributed by atoms with Crippen molar-refractivity contribution in [2.45, 2.75) is 25.9 Å². The molecule has 0 saturated carbocycles. The molecule has 31 heavy (non-hydrogen) atoms. The van der Waals surface area contributed by atoms with Crippen molar-refractivity contribution in [1.82, 2.24) is 10.2 Å². The van der Waals surface area contributed by atoms with Gasteiger partial charge in [0.2, 0.25) is 5.91 Å². The Morgan fingerprint density at radius 1 is 0.968 bits per heavy atom. The minimum absolute atomic E-state index is 0.0607. The van der Waals surface area contributed by atoms with Crippen LogP contribution in [0.5, 0.6) is 0 Å². The molecule has 2 saturated heterocycles. The molecule has 0 aromatic heterocycles. The van der Waals surface area contributed by atoms with Gasteiger partial charge in [-0.3, -0.25) is 9.69 Å². The number of ether oxygens (including phenoxy) is 1. The molecule has 1 amide bonds. The summed E-state index contributed by atoms with van der Waals surface area (Å²) >= 11 is 12.6. The van der Waals surface area contributed by atoms with Crippen LogP contribution in [-0.4, -0.2) is 50.2 Å². The smallest absolute Gasteiger partial charge is 0.223 e. The van der Waals surface area contributed by atoms with Crippen LogP contribution in [0.1, 0.15) is 24.0 Å². The Balaban J connectivity index is 1.22. The highest BCUT2D eigenvalue weighted by Gasteiger charge is 2.25. The number of halogens is 2. The van der Waals surface area contributed by atoms with E-state index < -0.39 is 0 Å². The van der Waals surface area contributed by atoms with Gasteiger partial charge in [0, 0.05) is 53.4 Å². The number of carbonyl (C=O) groups is 1. The van der Waals surface area contributed by atoms with E-state index in [2.05, 4.69) is 39.4 Å². The molecule has 1 N–H and O–H groups in total. The van der Waals surface area contributed by atoms with Gasteiger partial charge in [-0.05, 0) is 55.8 Å². The SMILES string of the molecule is O=C(NCc1ccc(N2CCOCC2)cc1)C1CCN(Cc2c(Cl)cccc2Cl)CC1. The molecular weight excluding hydrogens is 433 g/mol. The van der Waals surface area contributed by atoms with Gasteiger partial charge in [0.15, 0.2) is 0 Å². The third-order valence-electron chi connectivity index (χ3n) is 6.18. The van der Waals surface area contributed by atoms with Gasteiger partial charge in [0.25, 0.3) is 0 Å². The summed E-state index contributed by atoms with van der Waals surface area (Å²) in [6.07, 6.45) is 1.70. The third-order valence-corrected chi connectivity index (χ3v) is 6.89. The maximum absolute atomic E-state index is 12.7. The van der Waals surface area contributed by atoms with Crippen molar-refractivity contribution in [2.75, 3.05) is 44.3 Å². The van der Waals surface area contributed by atoms with Crippen LogP contribution in [0.3, 0.4) is 0 Å². The van der Waals surface area contributed by atoms with E-state index in [-0.39, 0.29) is 11.8 Å². The molecule has 2 heterocycles. The van der Waals surface area contributed by atoms with Gasteiger partial charge in [0.1, 0.15) is 0 Å². The van der Waals surface area contributed by atoms with Gasteiger partial charge >= 0.3 is 0 Å². The van der Waals surface area contributed by atoms with Crippen molar-refractivity contribution in [1.29, 1.82) is 0 Å². The van der Waals surface area contributed by atoms with Crippen molar-refractivity contribution in [3.05, 3.63) is 63.6 Å². The first-order chi connectivity index (χ1) is 15.1. The molecule has 0 spiro atoms. The standard InChI is InChI=1S/C24H29Cl2N3O2/c25-22-2-1-3-23(26)21(22)17-28-10-8-19(9-11-28)24(30)27-16-18-4-6-20(7-5-18)29-12-14-31-15-13-29/h1-7,19H,8-17H2,(H,27,30). The average molecular weight is 462 g/mol. The lowest BCUT2D eigenvalue weighted by atomic mass is 9.95. The fraction of sp³-hybridized carbons (Fsp3) is 0.458. The average Bonchev–Trinajstić information content (AvgIpc) is 2.81. The predicted molar refractivity (Wildman–Crippen MR) is 126 cm³/mol. The number of likely N-dealkylation sites (tertiary alicyclic amines) is 1. The highest BCUT2D eigenvalue weighted by Crippen LogP contribution is 2.28. The minimum Gasteiger partial charge on any atom is -0.378 e. The minimum atomic E-state index is 0.0607. The van der Waals surface area contributed by atoms with E-state index in [1.807, 2.05) is 18.2 Å². The fourth-order valence-electron chi connectivity index (χ4n) is 4.24. The number of hydrogen-bond donors (Lipinski definition) is 1. The summed E-state index contributed by atoms with van der Waals surface area (Å²) in [6.45, 7) is 6.45. The van der Waals surface area contributed by atoms with Crippen molar-refractivity contribution in [2.24, 2.45) is 5.92 Å². The molecule has 0 atom stereocenters. The quantitative estimate of drug-likeness (QED) is 0.693. The van der Waals surface area contributed by atoms with Crippen LogP contribution in [0.2, 0.25) is 10.0 Å². The Labute approximate surface area is 194 Å². The fourth-order valence-corrected chi connectivity index (χ4v) is 4.76. The van der Waals surface area contributed by atoms with Crippen LogP contribution in [0.4, 0.5) is 5.69 Å². The van der Waals surface area contributed by atoms with E-state index in [9.17, 15) is 4.79 Å². The lowest BCUT2D eigenvalue weighted by Crippen LogP contribution is -2.40. The molecule has 0 aliphatic carbocycles. The summed E-state index contributed by atoms with van der Waals surface area (Å²) in [5, 5.41) is 4.52. The number of carbonyl (C=O) groups excluding carboxylic acids is 1. The number of benzene rings is 2. The van der Waals surface area contributed by atoms with Gasteiger partial charge in [-0.15, -0.1) is 0 Å². The van der Waals surface area contributed by atoms with Crippen molar-refractivity contribution >= 4 is 34.8 Å². The number of morpholine rings is 1. The third kappa shape index (κ3) is 5.92. The normalized spacial score (nSPS) is 18.2. The first-order valence-corrected chi connectivity index (χ1v) is 11.7. The second-order valence-corrected chi connectivity index (χ2v) is 9.05. The predicted octanol–water partition coefficient (Wildman–Crippen LogP) is 4.36. The molecule has 2 fully saturated rings. The topological polar surface area (TPSA) is 44.8 Å². The number of amides is 1. The Morgan fingerprint density at radius 3 is 2.26 bits per heavy atom. The van der Waals surface area contributed by atoms with E-state index in [0.717, 1.165) is 69.9 Å². The molecule has 0 radical (unpaired) electrons. The number of nitrogens with one attached hydrogen (secondary N) is 1. The second kappa shape index (κ2) is 10.7. The first-order valence-electron chi connectivity index (χ1n) is 10.9. The molecule has 0 unspecified atom stereocenters. The van der Waals surface area contributed by atoms with E-state index >= 15 is 0 Å². The Kier molecular flexibility index (Phi) is 7.72. The summed E-state index contributed by atoms with van der Waals surface area (Å²) in [7, 11) is 0. The maximum atomic E-state index is 12.7. The molecule has 5 nitrogen and oxygen atoms in total. The van der Waals surface area contributed by atoms with Crippen molar-refractivity contribution < 1.29 is 9.53 Å². The van der Waals surface area contributed by atoms with E-state index in [1.54, 1.807) is 0 Å². The monoisotopic (exact) mass is 461 g/mol. The number of piperidine rings is 1. The molecule has 2 aromatic rings. The molecule has 166 valence electrons. The lowest BCUT2D eigenvalue weighted by Gasteiger charge is -2.31. The maximum Gasteiger partial charge on any atom is 0.223 e. The van der Waals surface area contributed by atoms with Gasteiger partial charge in [-0.1, -0.05) is 41.4 Å². The highest BCUT2D eigenvalue weighted by atomic mass is 35.5. The zero-order valence-electron chi connectivity index (χ0n) is 17.7. The summed E-state index contributed by atoms with van der Waals surface area (Å²) in [5.41, 5.74) is 3.30. The van der Waals surface area contributed by atoms with E-state index in [0.29, 0.717) is 16.6 Å². The Hall–Kier alpha value is -1.79. The summed E-state index contributed by atoms with van der Waals surface area (Å²) < 4.78 is 5.41. The van der Waals surface area contributed by atoms with Gasteiger partial charge in [0.05, 0.1) is 13.2 Å². The van der Waals surface area contributed by atoms with Crippen LogP contribution in [0, 0.1) is 5.92 Å². The lowest BCUT2D eigenvalue weighted by molar-refractivity contribution is -0.126. The van der Waals surface area contributed by atoms with E-state index in [4.69, 9.17) is 27.9 Å². The summed E-state index contributed by atoms with van der Waals surface area (Å²) in [5.74, 6) is 0.207. The first kappa shape index (κ1) is 22.4. The number of hydrogen-bond acceptors (Lipinski definition) is 4. The number of rotatable bonds is 6. The van der Waals surface area contributed by atoms with Gasteiger partial charge in [-0.25, -0.2) is 0 Å². The van der Waals surface area contributed by atoms with Gasteiger partial charge in [-0.2, -0.15) is 0 Å². The van der Waals surface area contributed by atoms with Crippen LogP contribution in [0.15, 0.2) is 42.5 Å². The number of anilines is 1. The molecule has 2 aromatic carbocycles. The Bertz CT molecular complexity index is 857. The molecule has 2 aliphatic heterocycles. The molecule has 7 heteroatoms. The largest absolute Gasteiger partial charge is 0.378 e.